The average molecular weight is 372 g/mol. The van der Waals surface area contributed by atoms with Crippen LogP contribution in [0.25, 0.3) is 0 Å². The van der Waals surface area contributed by atoms with Gasteiger partial charge in [-0.1, -0.05) is 19.9 Å². The Labute approximate surface area is 157 Å². The van der Waals surface area contributed by atoms with Crippen LogP contribution in [-0.4, -0.2) is 42.2 Å². The Morgan fingerprint density at radius 2 is 2.19 bits per heavy atom. The van der Waals surface area contributed by atoms with Gasteiger partial charge in [-0.3, -0.25) is 4.79 Å². The lowest BCUT2D eigenvalue weighted by atomic mass is 9.74. The van der Waals surface area contributed by atoms with Crippen molar-refractivity contribution in [2.24, 2.45) is 5.41 Å². The van der Waals surface area contributed by atoms with E-state index in [2.05, 4.69) is 29.0 Å². The lowest BCUT2D eigenvalue weighted by Crippen LogP contribution is -2.39. The van der Waals surface area contributed by atoms with E-state index in [1.807, 2.05) is 23.7 Å². The molecule has 1 atom stereocenters. The number of nitrogens with zero attached hydrogens (tertiary/aromatic N) is 3. The van der Waals surface area contributed by atoms with Crippen LogP contribution in [0.1, 0.15) is 47.2 Å². The highest BCUT2D eigenvalue weighted by Gasteiger charge is 2.35. The Balaban J connectivity index is 1.60. The molecule has 1 aliphatic heterocycles. The number of fused-ring (bicyclic) bond motifs is 1. The molecule has 0 spiro atoms. The molecular formula is C19H24N4O2S. The Morgan fingerprint density at radius 1 is 1.38 bits per heavy atom. The summed E-state index contributed by atoms with van der Waals surface area (Å²) in [5.41, 5.74) is 2.18. The molecule has 7 heteroatoms. The van der Waals surface area contributed by atoms with E-state index in [4.69, 9.17) is 9.72 Å². The van der Waals surface area contributed by atoms with E-state index in [1.54, 1.807) is 0 Å². The molecule has 0 bridgehead atoms. The van der Waals surface area contributed by atoms with E-state index in [0.717, 1.165) is 48.0 Å². The highest BCUT2D eigenvalue weighted by Crippen LogP contribution is 2.40. The van der Waals surface area contributed by atoms with Crippen LogP contribution in [0.5, 0.6) is 0 Å². The highest BCUT2D eigenvalue weighted by molar-refractivity contribution is 7.12. The quantitative estimate of drug-likeness (QED) is 0.897. The lowest BCUT2D eigenvalue weighted by Gasteiger charge is -2.37. The van der Waals surface area contributed by atoms with Gasteiger partial charge in [0, 0.05) is 24.8 Å². The summed E-state index contributed by atoms with van der Waals surface area (Å²) in [6.07, 6.45) is 3.69. The molecule has 6 nitrogen and oxygen atoms in total. The topological polar surface area (TPSA) is 67.3 Å². The fourth-order valence-electron chi connectivity index (χ4n) is 3.72. The van der Waals surface area contributed by atoms with Gasteiger partial charge in [0.1, 0.15) is 0 Å². The van der Waals surface area contributed by atoms with Crippen LogP contribution >= 0.6 is 11.3 Å². The molecule has 1 amide bonds. The third kappa shape index (κ3) is 3.59. The van der Waals surface area contributed by atoms with E-state index in [0.29, 0.717) is 13.2 Å². The smallest absolute Gasteiger partial charge is 0.261 e. The van der Waals surface area contributed by atoms with Gasteiger partial charge in [-0.25, -0.2) is 9.97 Å². The number of carbonyl (C=O) groups is 1. The molecule has 2 aliphatic rings. The molecule has 26 heavy (non-hydrogen) atoms. The van der Waals surface area contributed by atoms with Crippen molar-refractivity contribution in [2.75, 3.05) is 31.2 Å². The molecule has 138 valence electrons. The summed E-state index contributed by atoms with van der Waals surface area (Å²) in [6.45, 7) is 7.53. The molecule has 2 aromatic heterocycles. The first-order valence-corrected chi connectivity index (χ1v) is 9.93. The first kappa shape index (κ1) is 17.4. The van der Waals surface area contributed by atoms with Crippen LogP contribution in [0.3, 0.4) is 0 Å². The zero-order valence-electron chi connectivity index (χ0n) is 15.2. The van der Waals surface area contributed by atoms with Gasteiger partial charge in [0.25, 0.3) is 5.91 Å². The van der Waals surface area contributed by atoms with Crippen molar-refractivity contribution in [1.29, 1.82) is 0 Å². The number of amides is 1. The summed E-state index contributed by atoms with van der Waals surface area (Å²) >= 11 is 1.46. The van der Waals surface area contributed by atoms with Crippen molar-refractivity contribution in [2.45, 2.75) is 32.7 Å². The molecule has 0 saturated carbocycles. The molecule has 0 radical (unpaired) electrons. The van der Waals surface area contributed by atoms with Gasteiger partial charge in [0.2, 0.25) is 5.95 Å². The third-order valence-corrected chi connectivity index (χ3v) is 5.88. The number of morpholine rings is 1. The van der Waals surface area contributed by atoms with Crippen LogP contribution in [0, 0.1) is 5.41 Å². The normalized spacial score (nSPS) is 21.9. The van der Waals surface area contributed by atoms with Gasteiger partial charge in [-0.15, -0.1) is 11.3 Å². The molecule has 1 aliphatic carbocycles. The second-order valence-corrected chi connectivity index (χ2v) is 8.67. The van der Waals surface area contributed by atoms with Gasteiger partial charge in [0.05, 0.1) is 29.8 Å². The van der Waals surface area contributed by atoms with Crippen LogP contribution in [0.2, 0.25) is 0 Å². The molecule has 2 aromatic rings. The maximum absolute atomic E-state index is 12.5. The maximum Gasteiger partial charge on any atom is 0.261 e. The third-order valence-electron chi connectivity index (χ3n) is 5.01. The SMILES string of the molecule is CC1(C)Cc2nc(N3CCOCC3)ncc2C(NC(=O)c2cccs2)C1. The van der Waals surface area contributed by atoms with Crippen molar-refractivity contribution in [3.8, 4) is 0 Å². The zero-order chi connectivity index (χ0) is 18.1. The summed E-state index contributed by atoms with van der Waals surface area (Å²) in [4.78, 5) is 24.9. The van der Waals surface area contributed by atoms with Crippen molar-refractivity contribution in [3.05, 3.63) is 39.8 Å². The number of nitrogens with one attached hydrogen (secondary N) is 1. The van der Waals surface area contributed by atoms with E-state index < -0.39 is 0 Å². The Kier molecular flexibility index (Phi) is 4.67. The Bertz CT molecular complexity index is 785. The minimum absolute atomic E-state index is 0.0223. The van der Waals surface area contributed by atoms with Gasteiger partial charge >= 0.3 is 0 Å². The number of aromatic nitrogens is 2. The summed E-state index contributed by atoms with van der Waals surface area (Å²) in [5, 5.41) is 5.11. The summed E-state index contributed by atoms with van der Waals surface area (Å²) in [5.74, 6) is 0.749. The van der Waals surface area contributed by atoms with Crippen LogP contribution in [0.4, 0.5) is 5.95 Å². The largest absolute Gasteiger partial charge is 0.378 e. The predicted octanol–water partition coefficient (Wildman–Crippen LogP) is 2.82. The molecule has 4 rings (SSSR count). The summed E-state index contributed by atoms with van der Waals surface area (Å²) in [7, 11) is 0. The first-order chi connectivity index (χ1) is 12.5. The molecule has 1 fully saturated rings. The number of rotatable bonds is 3. The van der Waals surface area contributed by atoms with Gasteiger partial charge < -0.3 is 15.0 Å². The standard InChI is InChI=1S/C19H24N4O2S/c1-19(2)10-14(21-17(24)16-4-3-9-26-16)13-12-20-18(22-15(13)11-19)23-5-7-25-8-6-23/h3-4,9,12,14H,5-8,10-11H2,1-2H3,(H,21,24). The Hall–Kier alpha value is -1.99. The summed E-state index contributed by atoms with van der Waals surface area (Å²) in [6, 6.07) is 3.70. The Morgan fingerprint density at radius 3 is 2.92 bits per heavy atom. The number of hydrogen-bond donors (Lipinski definition) is 1. The summed E-state index contributed by atoms with van der Waals surface area (Å²) < 4.78 is 5.42. The van der Waals surface area contributed by atoms with Gasteiger partial charge in [-0.2, -0.15) is 0 Å². The van der Waals surface area contributed by atoms with E-state index >= 15 is 0 Å². The van der Waals surface area contributed by atoms with Gasteiger partial charge in [-0.05, 0) is 29.7 Å². The zero-order valence-corrected chi connectivity index (χ0v) is 16.0. The number of hydrogen-bond acceptors (Lipinski definition) is 6. The van der Waals surface area contributed by atoms with Gasteiger partial charge in [0.15, 0.2) is 0 Å². The van der Waals surface area contributed by atoms with Crippen molar-refractivity contribution >= 4 is 23.2 Å². The van der Waals surface area contributed by atoms with Crippen LogP contribution in [0.15, 0.2) is 23.7 Å². The number of anilines is 1. The highest BCUT2D eigenvalue weighted by atomic mass is 32.1. The van der Waals surface area contributed by atoms with Crippen molar-refractivity contribution in [1.82, 2.24) is 15.3 Å². The second kappa shape index (κ2) is 6.96. The molecule has 1 N–H and O–H groups in total. The number of carbonyl (C=O) groups excluding carboxylic acids is 1. The van der Waals surface area contributed by atoms with Crippen molar-refractivity contribution < 1.29 is 9.53 Å². The number of thiophene rings is 1. The van der Waals surface area contributed by atoms with Crippen molar-refractivity contribution in [3.63, 3.8) is 0 Å². The van der Waals surface area contributed by atoms with E-state index in [-0.39, 0.29) is 17.4 Å². The first-order valence-electron chi connectivity index (χ1n) is 9.05. The lowest BCUT2D eigenvalue weighted by molar-refractivity contribution is 0.0923. The minimum atomic E-state index is -0.0536. The average Bonchev–Trinajstić information content (AvgIpc) is 3.16. The van der Waals surface area contributed by atoms with E-state index in [9.17, 15) is 4.79 Å². The predicted molar refractivity (Wildman–Crippen MR) is 102 cm³/mol. The van der Waals surface area contributed by atoms with Crippen LogP contribution in [-0.2, 0) is 11.2 Å². The van der Waals surface area contributed by atoms with Crippen LogP contribution < -0.4 is 10.2 Å². The van der Waals surface area contributed by atoms with E-state index in [1.165, 1.54) is 11.3 Å². The maximum atomic E-state index is 12.5. The molecule has 1 unspecified atom stereocenters. The molecule has 3 heterocycles. The molecular weight excluding hydrogens is 348 g/mol. The fraction of sp³-hybridized carbons (Fsp3) is 0.526. The minimum Gasteiger partial charge on any atom is -0.378 e. The second-order valence-electron chi connectivity index (χ2n) is 7.72. The number of ether oxygens (including phenoxy) is 1. The fourth-order valence-corrected chi connectivity index (χ4v) is 4.35. The monoisotopic (exact) mass is 372 g/mol. The molecule has 0 aromatic carbocycles. The molecule has 1 saturated heterocycles.